The fraction of sp³-hybridized carbons (Fsp3) is 0.0556. The molecule has 0 bridgehead atoms. The van der Waals surface area contributed by atoms with E-state index in [1.54, 1.807) is 23.1 Å². The SMILES string of the molecule is N#Cc1nccnc1Nc1cc2c(cn1)cnn2Cc1cc(F)ccc1F. The molecule has 132 valence electrons. The Morgan fingerprint density at radius 2 is 1.93 bits per heavy atom. The molecule has 1 N–H and O–H groups in total. The van der Waals surface area contributed by atoms with Crippen molar-refractivity contribution in [1.82, 2.24) is 24.7 Å². The van der Waals surface area contributed by atoms with E-state index in [9.17, 15) is 8.78 Å². The Morgan fingerprint density at radius 3 is 2.78 bits per heavy atom. The summed E-state index contributed by atoms with van der Waals surface area (Å²) < 4.78 is 28.9. The van der Waals surface area contributed by atoms with Gasteiger partial charge in [0.25, 0.3) is 0 Å². The van der Waals surface area contributed by atoms with Gasteiger partial charge in [-0.1, -0.05) is 0 Å². The molecule has 4 aromatic rings. The van der Waals surface area contributed by atoms with E-state index < -0.39 is 11.6 Å². The number of hydrogen-bond acceptors (Lipinski definition) is 6. The maximum atomic E-state index is 13.9. The number of nitrogens with one attached hydrogen (secondary N) is 1. The summed E-state index contributed by atoms with van der Waals surface area (Å²) in [6.07, 6.45) is 6.06. The smallest absolute Gasteiger partial charge is 0.183 e. The molecule has 0 radical (unpaired) electrons. The summed E-state index contributed by atoms with van der Waals surface area (Å²) in [6, 6.07) is 6.93. The molecular weight excluding hydrogens is 352 g/mol. The molecule has 0 unspecified atom stereocenters. The second kappa shape index (κ2) is 6.76. The lowest BCUT2D eigenvalue weighted by molar-refractivity contribution is 0.570. The first kappa shape index (κ1) is 16.5. The third kappa shape index (κ3) is 3.28. The van der Waals surface area contributed by atoms with Crippen molar-refractivity contribution < 1.29 is 8.78 Å². The van der Waals surface area contributed by atoms with Crippen molar-refractivity contribution in [1.29, 1.82) is 5.26 Å². The molecule has 27 heavy (non-hydrogen) atoms. The van der Waals surface area contributed by atoms with Gasteiger partial charge in [-0.2, -0.15) is 10.4 Å². The number of benzene rings is 1. The molecular formula is C18H11F2N7. The van der Waals surface area contributed by atoms with E-state index in [0.717, 1.165) is 23.6 Å². The van der Waals surface area contributed by atoms with Crippen molar-refractivity contribution >= 4 is 22.5 Å². The third-order valence-electron chi connectivity index (χ3n) is 3.90. The molecule has 0 amide bonds. The first-order valence-corrected chi connectivity index (χ1v) is 7.87. The van der Waals surface area contributed by atoms with Gasteiger partial charge in [0.05, 0.1) is 18.3 Å². The minimum atomic E-state index is -0.515. The second-order valence-electron chi connectivity index (χ2n) is 5.66. The van der Waals surface area contributed by atoms with Gasteiger partial charge >= 0.3 is 0 Å². The Bertz CT molecular complexity index is 1180. The Kier molecular flexibility index (Phi) is 4.14. The second-order valence-corrected chi connectivity index (χ2v) is 5.66. The normalized spacial score (nSPS) is 10.7. The largest absolute Gasteiger partial charge is 0.322 e. The van der Waals surface area contributed by atoms with Crippen LogP contribution in [0.25, 0.3) is 10.9 Å². The predicted octanol–water partition coefficient (Wildman–Crippen LogP) is 3.16. The quantitative estimate of drug-likeness (QED) is 0.599. The van der Waals surface area contributed by atoms with Crippen molar-refractivity contribution in [2.24, 2.45) is 0 Å². The van der Waals surface area contributed by atoms with Crippen LogP contribution in [0.2, 0.25) is 0 Å². The molecule has 0 saturated heterocycles. The number of halogens is 2. The number of rotatable bonds is 4. The topological polar surface area (TPSA) is 92.3 Å². The molecule has 1 aromatic carbocycles. The molecule has 0 aliphatic heterocycles. The van der Waals surface area contributed by atoms with Crippen LogP contribution in [0.15, 0.2) is 49.1 Å². The molecule has 3 aromatic heterocycles. The van der Waals surface area contributed by atoms with E-state index in [-0.39, 0.29) is 23.6 Å². The van der Waals surface area contributed by atoms with Gasteiger partial charge in [-0.15, -0.1) is 0 Å². The van der Waals surface area contributed by atoms with E-state index in [0.29, 0.717) is 11.3 Å². The first-order valence-electron chi connectivity index (χ1n) is 7.87. The van der Waals surface area contributed by atoms with Gasteiger partial charge in [0.1, 0.15) is 23.5 Å². The Morgan fingerprint density at radius 1 is 1.07 bits per heavy atom. The molecule has 0 aliphatic rings. The zero-order chi connectivity index (χ0) is 18.8. The van der Waals surface area contributed by atoms with Crippen LogP contribution in [0.5, 0.6) is 0 Å². The highest BCUT2D eigenvalue weighted by Crippen LogP contribution is 2.21. The highest BCUT2D eigenvalue weighted by molar-refractivity contribution is 5.81. The number of hydrogen-bond donors (Lipinski definition) is 1. The van der Waals surface area contributed by atoms with E-state index >= 15 is 0 Å². The number of nitrogens with zero attached hydrogens (tertiary/aromatic N) is 6. The van der Waals surface area contributed by atoms with Gasteiger partial charge in [-0.3, -0.25) is 4.68 Å². The van der Waals surface area contributed by atoms with Gasteiger partial charge in [-0.25, -0.2) is 23.7 Å². The van der Waals surface area contributed by atoms with Crippen LogP contribution in [-0.4, -0.2) is 24.7 Å². The summed E-state index contributed by atoms with van der Waals surface area (Å²) in [6.45, 7) is 0.0606. The maximum Gasteiger partial charge on any atom is 0.183 e. The molecule has 0 aliphatic carbocycles. The van der Waals surface area contributed by atoms with Crippen LogP contribution in [0.4, 0.5) is 20.4 Å². The molecule has 0 fully saturated rings. The highest BCUT2D eigenvalue weighted by Gasteiger charge is 2.11. The third-order valence-corrected chi connectivity index (χ3v) is 3.90. The van der Waals surface area contributed by atoms with Crippen molar-refractivity contribution in [3.8, 4) is 6.07 Å². The first-order chi connectivity index (χ1) is 13.1. The Balaban J connectivity index is 1.69. The van der Waals surface area contributed by atoms with Gasteiger partial charge in [-0.05, 0) is 18.2 Å². The molecule has 4 rings (SSSR count). The van der Waals surface area contributed by atoms with Crippen LogP contribution in [0.3, 0.4) is 0 Å². The number of nitriles is 1. The average Bonchev–Trinajstić information content (AvgIpc) is 3.07. The summed E-state index contributed by atoms with van der Waals surface area (Å²) in [5.41, 5.74) is 0.986. The summed E-state index contributed by atoms with van der Waals surface area (Å²) in [7, 11) is 0. The Labute approximate surface area is 151 Å². The average molecular weight is 363 g/mol. The maximum absolute atomic E-state index is 13.9. The number of fused-ring (bicyclic) bond motifs is 1. The standard InChI is InChI=1S/C18H11F2N7/c19-13-1-2-14(20)11(5-13)10-27-16-6-17(24-8-12(16)9-25-27)26-18-15(7-21)22-3-4-23-18/h1-6,8-9H,10H2,(H,23,24,26). The minimum absolute atomic E-state index is 0.0606. The van der Waals surface area contributed by atoms with E-state index in [1.165, 1.54) is 12.4 Å². The van der Waals surface area contributed by atoms with E-state index in [2.05, 4.69) is 25.4 Å². The molecule has 9 heteroatoms. The minimum Gasteiger partial charge on any atom is -0.322 e. The number of anilines is 2. The zero-order valence-corrected chi connectivity index (χ0v) is 13.8. The van der Waals surface area contributed by atoms with Crippen LogP contribution in [-0.2, 0) is 6.54 Å². The van der Waals surface area contributed by atoms with E-state index in [4.69, 9.17) is 5.26 Å². The lowest BCUT2D eigenvalue weighted by Gasteiger charge is -2.08. The van der Waals surface area contributed by atoms with E-state index in [1.807, 2.05) is 6.07 Å². The van der Waals surface area contributed by atoms with Crippen molar-refractivity contribution in [2.75, 3.05) is 5.32 Å². The Hall–Kier alpha value is -3.93. The van der Waals surface area contributed by atoms with Crippen molar-refractivity contribution in [2.45, 2.75) is 6.54 Å². The van der Waals surface area contributed by atoms with Crippen molar-refractivity contribution in [3.63, 3.8) is 0 Å². The van der Waals surface area contributed by atoms with Gasteiger partial charge in [0, 0.05) is 35.6 Å². The monoisotopic (exact) mass is 363 g/mol. The fourth-order valence-corrected chi connectivity index (χ4v) is 2.63. The van der Waals surface area contributed by atoms with Crippen molar-refractivity contribution in [3.05, 3.63) is 71.9 Å². The number of aromatic nitrogens is 5. The molecule has 0 spiro atoms. The summed E-state index contributed by atoms with van der Waals surface area (Å²) in [5, 5.41) is 17.0. The zero-order valence-electron chi connectivity index (χ0n) is 13.8. The molecule has 0 saturated carbocycles. The lowest BCUT2D eigenvalue weighted by Crippen LogP contribution is -2.05. The lowest BCUT2D eigenvalue weighted by atomic mass is 10.2. The highest BCUT2D eigenvalue weighted by atomic mass is 19.1. The van der Waals surface area contributed by atoms with Crippen LogP contribution >= 0.6 is 0 Å². The van der Waals surface area contributed by atoms with Crippen LogP contribution in [0.1, 0.15) is 11.3 Å². The summed E-state index contributed by atoms with van der Waals surface area (Å²) in [5.74, 6) is -0.334. The van der Waals surface area contributed by atoms with Crippen LogP contribution in [0, 0.1) is 23.0 Å². The van der Waals surface area contributed by atoms with Gasteiger partial charge < -0.3 is 5.32 Å². The van der Waals surface area contributed by atoms with Gasteiger partial charge in [0.2, 0.25) is 0 Å². The van der Waals surface area contributed by atoms with Gasteiger partial charge in [0.15, 0.2) is 11.5 Å². The molecule has 0 atom stereocenters. The summed E-state index contributed by atoms with van der Waals surface area (Å²) in [4.78, 5) is 12.3. The van der Waals surface area contributed by atoms with Crippen LogP contribution < -0.4 is 5.32 Å². The number of pyridine rings is 1. The summed E-state index contributed by atoms with van der Waals surface area (Å²) >= 11 is 0. The molecule has 3 heterocycles. The fourth-order valence-electron chi connectivity index (χ4n) is 2.63. The predicted molar refractivity (Wildman–Crippen MR) is 93.0 cm³/mol. The molecule has 7 nitrogen and oxygen atoms in total.